The van der Waals surface area contributed by atoms with E-state index in [4.69, 9.17) is 0 Å². The van der Waals surface area contributed by atoms with Crippen LogP contribution in [0.1, 0.15) is 11.3 Å². The summed E-state index contributed by atoms with van der Waals surface area (Å²) in [5.74, 6) is -0.0640. The van der Waals surface area contributed by atoms with Crippen molar-refractivity contribution in [2.75, 3.05) is 4.72 Å². The molecule has 2 aromatic carbocycles. The van der Waals surface area contributed by atoms with Crippen LogP contribution >= 0.6 is 0 Å². The molecule has 28 heavy (non-hydrogen) atoms. The third-order valence-corrected chi connectivity index (χ3v) is 5.58. The van der Waals surface area contributed by atoms with Crippen molar-refractivity contribution in [2.24, 2.45) is 0 Å². The van der Waals surface area contributed by atoms with Gasteiger partial charge in [-0.15, -0.1) is 0 Å². The van der Waals surface area contributed by atoms with Crippen molar-refractivity contribution >= 4 is 21.5 Å². The second-order valence-corrected chi connectivity index (χ2v) is 8.13. The van der Waals surface area contributed by atoms with Crippen LogP contribution in [0.4, 0.5) is 10.1 Å². The summed E-state index contributed by atoms with van der Waals surface area (Å²) >= 11 is 0. The number of benzene rings is 2. The van der Waals surface area contributed by atoms with Gasteiger partial charge < -0.3 is 0 Å². The van der Waals surface area contributed by atoms with E-state index in [1.807, 2.05) is 29.7 Å². The average Bonchev–Trinajstić information content (AvgIpc) is 3.00. The lowest BCUT2D eigenvalue weighted by atomic mass is 10.1. The van der Waals surface area contributed by atoms with Crippen LogP contribution in [0.3, 0.4) is 0 Å². The van der Waals surface area contributed by atoms with Crippen molar-refractivity contribution in [3.63, 3.8) is 0 Å². The van der Waals surface area contributed by atoms with Gasteiger partial charge in [-0.1, -0.05) is 24.3 Å². The summed E-state index contributed by atoms with van der Waals surface area (Å²) in [6.07, 6.45) is 3.55. The highest BCUT2D eigenvalue weighted by atomic mass is 32.2. The monoisotopic (exact) mass is 396 g/mol. The van der Waals surface area contributed by atoms with Crippen LogP contribution in [0.5, 0.6) is 0 Å². The molecule has 0 amide bonds. The van der Waals surface area contributed by atoms with E-state index < -0.39 is 15.8 Å². The second kappa shape index (κ2) is 7.05. The van der Waals surface area contributed by atoms with Crippen LogP contribution in [-0.4, -0.2) is 22.8 Å². The maximum atomic E-state index is 13.0. The standard InChI is InChI=1S/C20H17FN4O2S/c1-14-19(23-20-22-10-3-11-25(14)20)16-4-2-5-18(12-16)24-28(26,27)13-15-6-8-17(21)9-7-15/h2-12,24H,13H2,1H3. The largest absolute Gasteiger partial charge is 0.288 e. The van der Waals surface area contributed by atoms with Gasteiger partial charge in [0.2, 0.25) is 15.8 Å². The van der Waals surface area contributed by atoms with Gasteiger partial charge in [0.1, 0.15) is 5.82 Å². The molecule has 1 N–H and O–H groups in total. The van der Waals surface area contributed by atoms with Crippen molar-refractivity contribution in [3.8, 4) is 11.3 Å². The lowest BCUT2D eigenvalue weighted by Crippen LogP contribution is -2.15. The molecule has 2 aromatic heterocycles. The number of anilines is 1. The fourth-order valence-electron chi connectivity index (χ4n) is 3.02. The SMILES string of the molecule is Cc1c(-c2cccc(NS(=O)(=O)Cc3ccc(F)cc3)c2)nc2ncccn12. The number of nitrogens with one attached hydrogen (secondary N) is 1. The van der Waals surface area contributed by atoms with Gasteiger partial charge in [0, 0.05) is 29.3 Å². The zero-order chi connectivity index (χ0) is 19.7. The highest BCUT2D eigenvalue weighted by Gasteiger charge is 2.15. The van der Waals surface area contributed by atoms with Crippen molar-refractivity contribution in [1.82, 2.24) is 14.4 Å². The molecule has 0 aliphatic heterocycles. The number of halogens is 1. The summed E-state index contributed by atoms with van der Waals surface area (Å²) in [4.78, 5) is 8.77. The quantitative estimate of drug-likeness (QED) is 0.557. The van der Waals surface area contributed by atoms with Crippen LogP contribution in [-0.2, 0) is 15.8 Å². The van der Waals surface area contributed by atoms with Gasteiger partial charge in [0.05, 0.1) is 11.4 Å². The Balaban J connectivity index is 1.61. The number of nitrogens with zero attached hydrogens (tertiary/aromatic N) is 3. The van der Waals surface area contributed by atoms with Crippen LogP contribution in [0.25, 0.3) is 17.0 Å². The highest BCUT2D eigenvalue weighted by Crippen LogP contribution is 2.26. The van der Waals surface area contributed by atoms with Gasteiger partial charge in [-0.3, -0.25) is 9.12 Å². The molecule has 0 saturated carbocycles. The maximum absolute atomic E-state index is 13.0. The minimum Gasteiger partial charge on any atom is -0.288 e. The van der Waals surface area contributed by atoms with Crippen molar-refractivity contribution in [2.45, 2.75) is 12.7 Å². The smallest absolute Gasteiger partial charge is 0.236 e. The molecule has 2 heterocycles. The molecule has 6 nitrogen and oxygen atoms in total. The van der Waals surface area contributed by atoms with E-state index in [2.05, 4.69) is 14.7 Å². The predicted octanol–water partition coefficient (Wildman–Crippen LogP) is 3.79. The third-order valence-electron chi connectivity index (χ3n) is 4.32. The van der Waals surface area contributed by atoms with Crippen molar-refractivity contribution in [3.05, 3.63) is 84.1 Å². The fourth-order valence-corrected chi connectivity index (χ4v) is 4.21. The number of hydrogen-bond donors (Lipinski definition) is 1. The third kappa shape index (κ3) is 3.72. The Hall–Kier alpha value is -3.26. The first-order valence-corrected chi connectivity index (χ1v) is 10.2. The molecule has 0 radical (unpaired) electrons. The number of fused-ring (bicyclic) bond motifs is 1. The zero-order valence-electron chi connectivity index (χ0n) is 15.0. The van der Waals surface area contributed by atoms with Gasteiger partial charge >= 0.3 is 0 Å². The molecule has 8 heteroatoms. The minimum atomic E-state index is -3.64. The van der Waals surface area contributed by atoms with Gasteiger partial charge in [-0.25, -0.2) is 22.8 Å². The Labute approximate surface area is 161 Å². The Morgan fingerprint density at radius 2 is 1.89 bits per heavy atom. The molecular formula is C20H17FN4O2S. The van der Waals surface area contributed by atoms with Crippen molar-refractivity contribution in [1.29, 1.82) is 0 Å². The van der Waals surface area contributed by atoms with E-state index in [9.17, 15) is 12.8 Å². The molecular weight excluding hydrogens is 379 g/mol. The molecule has 0 fully saturated rings. The molecule has 142 valence electrons. The molecule has 0 aliphatic rings. The number of rotatable bonds is 5. The number of hydrogen-bond acceptors (Lipinski definition) is 4. The van der Waals surface area contributed by atoms with Crippen molar-refractivity contribution < 1.29 is 12.8 Å². The molecule has 0 aliphatic carbocycles. The van der Waals surface area contributed by atoms with Gasteiger partial charge in [0.25, 0.3) is 0 Å². The zero-order valence-corrected chi connectivity index (χ0v) is 15.8. The molecule has 4 rings (SSSR count). The Bertz CT molecular complexity index is 1250. The average molecular weight is 396 g/mol. The molecule has 4 aromatic rings. The van der Waals surface area contributed by atoms with Crippen LogP contribution in [0.2, 0.25) is 0 Å². The summed E-state index contributed by atoms with van der Waals surface area (Å²) in [6, 6.07) is 14.3. The molecule has 0 bridgehead atoms. The molecule has 0 spiro atoms. The summed E-state index contributed by atoms with van der Waals surface area (Å²) in [7, 11) is -3.64. The molecule has 0 atom stereocenters. The first-order chi connectivity index (χ1) is 13.4. The normalized spacial score (nSPS) is 11.6. The first-order valence-electron chi connectivity index (χ1n) is 8.56. The highest BCUT2D eigenvalue weighted by molar-refractivity contribution is 7.91. The van der Waals surface area contributed by atoms with Gasteiger partial charge in [0.15, 0.2) is 0 Å². The minimum absolute atomic E-state index is 0.241. The summed E-state index contributed by atoms with van der Waals surface area (Å²) in [5.41, 5.74) is 3.37. The molecule has 0 saturated heterocycles. The Morgan fingerprint density at radius 3 is 2.64 bits per heavy atom. The van der Waals surface area contributed by atoms with E-state index in [0.29, 0.717) is 17.0 Å². The van der Waals surface area contributed by atoms with Gasteiger partial charge in [-0.2, -0.15) is 0 Å². The Morgan fingerprint density at radius 1 is 1.11 bits per heavy atom. The first kappa shape index (κ1) is 18.1. The van der Waals surface area contributed by atoms with Crippen LogP contribution < -0.4 is 4.72 Å². The van der Waals surface area contributed by atoms with E-state index in [1.165, 1.54) is 24.3 Å². The topological polar surface area (TPSA) is 76.4 Å². The predicted molar refractivity (Wildman–Crippen MR) is 106 cm³/mol. The number of aryl methyl sites for hydroxylation is 1. The lowest BCUT2D eigenvalue weighted by Gasteiger charge is -2.09. The lowest BCUT2D eigenvalue weighted by molar-refractivity contribution is 0.600. The maximum Gasteiger partial charge on any atom is 0.236 e. The molecule has 0 unspecified atom stereocenters. The number of aromatic nitrogens is 3. The number of imidazole rings is 1. The second-order valence-electron chi connectivity index (χ2n) is 6.40. The fraction of sp³-hybridized carbons (Fsp3) is 0.100. The van der Waals surface area contributed by atoms with Crippen LogP contribution in [0, 0.1) is 12.7 Å². The van der Waals surface area contributed by atoms with Gasteiger partial charge in [-0.05, 0) is 42.8 Å². The summed E-state index contributed by atoms with van der Waals surface area (Å²) < 4.78 is 42.4. The van der Waals surface area contributed by atoms with Crippen LogP contribution in [0.15, 0.2) is 67.0 Å². The van der Waals surface area contributed by atoms with E-state index >= 15 is 0 Å². The van der Waals surface area contributed by atoms with E-state index in [0.717, 1.165) is 17.0 Å². The Kier molecular flexibility index (Phi) is 4.56. The summed E-state index contributed by atoms with van der Waals surface area (Å²) in [6.45, 7) is 1.93. The van der Waals surface area contributed by atoms with E-state index in [-0.39, 0.29) is 5.75 Å². The number of sulfonamides is 1. The van der Waals surface area contributed by atoms with E-state index in [1.54, 1.807) is 24.4 Å². The summed E-state index contributed by atoms with van der Waals surface area (Å²) in [5, 5.41) is 0.